The van der Waals surface area contributed by atoms with E-state index in [0.717, 1.165) is 55.4 Å². The van der Waals surface area contributed by atoms with Crippen molar-refractivity contribution in [2.75, 3.05) is 11.9 Å². The third-order valence-corrected chi connectivity index (χ3v) is 8.97. The summed E-state index contributed by atoms with van der Waals surface area (Å²) in [5.41, 5.74) is 4.56. The van der Waals surface area contributed by atoms with Crippen LogP contribution in [0.5, 0.6) is 0 Å². The molecule has 6 nitrogen and oxygen atoms in total. The number of rotatable bonds is 4. The Balaban J connectivity index is 1.11. The van der Waals surface area contributed by atoms with E-state index in [1.807, 2.05) is 12.1 Å². The first-order valence-electron chi connectivity index (χ1n) is 13.6. The minimum Gasteiger partial charge on any atom is -0.310 e. The predicted molar refractivity (Wildman–Crippen MR) is 140 cm³/mol. The quantitative estimate of drug-likeness (QED) is 0.681. The highest BCUT2D eigenvalue weighted by atomic mass is 16.2. The van der Waals surface area contributed by atoms with Crippen molar-refractivity contribution in [1.82, 2.24) is 9.88 Å². The lowest BCUT2D eigenvalue weighted by molar-refractivity contribution is -0.127. The Morgan fingerprint density at radius 1 is 1.03 bits per heavy atom. The van der Waals surface area contributed by atoms with E-state index in [1.54, 1.807) is 6.20 Å². The van der Waals surface area contributed by atoms with Gasteiger partial charge in [-0.25, -0.2) is 4.98 Å². The smallest absolute Gasteiger partial charge is 0.270 e. The first kappa shape index (κ1) is 22.0. The highest BCUT2D eigenvalue weighted by Gasteiger charge is 2.51. The second-order valence-electron chi connectivity index (χ2n) is 11.3. The van der Waals surface area contributed by atoms with Gasteiger partial charge in [-0.2, -0.15) is 0 Å². The zero-order chi connectivity index (χ0) is 24.3. The number of aliphatic imine (C=N–C) groups is 1. The fourth-order valence-corrected chi connectivity index (χ4v) is 6.90. The van der Waals surface area contributed by atoms with Crippen LogP contribution < -0.4 is 5.32 Å². The molecule has 1 unspecified atom stereocenters. The molecule has 0 saturated heterocycles. The summed E-state index contributed by atoms with van der Waals surface area (Å²) in [7, 11) is 0. The van der Waals surface area contributed by atoms with Crippen molar-refractivity contribution in [3.8, 4) is 0 Å². The van der Waals surface area contributed by atoms with E-state index in [1.165, 1.54) is 24.0 Å². The summed E-state index contributed by atoms with van der Waals surface area (Å²) in [6.07, 6.45) is 16.4. The van der Waals surface area contributed by atoms with E-state index >= 15 is 0 Å². The summed E-state index contributed by atoms with van der Waals surface area (Å²) < 4.78 is 0. The summed E-state index contributed by atoms with van der Waals surface area (Å²) in [6.45, 7) is 0.598. The highest BCUT2D eigenvalue weighted by molar-refractivity contribution is 6.41. The third-order valence-electron chi connectivity index (χ3n) is 8.97. The number of fused-ring (bicyclic) bond motifs is 3. The summed E-state index contributed by atoms with van der Waals surface area (Å²) in [6, 6.07) is 10.4. The van der Waals surface area contributed by atoms with E-state index < -0.39 is 5.41 Å². The summed E-state index contributed by atoms with van der Waals surface area (Å²) in [5, 5.41) is 2.99. The van der Waals surface area contributed by atoms with Crippen molar-refractivity contribution in [3.63, 3.8) is 0 Å². The van der Waals surface area contributed by atoms with E-state index in [9.17, 15) is 9.59 Å². The van der Waals surface area contributed by atoms with E-state index in [4.69, 9.17) is 4.99 Å². The zero-order valence-corrected chi connectivity index (χ0v) is 20.6. The molecule has 1 aromatic heterocycles. The number of benzene rings is 1. The van der Waals surface area contributed by atoms with Gasteiger partial charge in [0.1, 0.15) is 17.2 Å². The van der Waals surface area contributed by atoms with Crippen LogP contribution in [0.15, 0.2) is 47.6 Å². The number of nitrogens with zero attached hydrogens (tertiary/aromatic N) is 3. The summed E-state index contributed by atoms with van der Waals surface area (Å²) in [5.74, 6) is 1.31. The lowest BCUT2D eigenvalue weighted by Crippen LogP contribution is -2.46. The molecule has 1 N–H and O–H groups in total. The average Bonchev–Trinajstić information content (AvgIpc) is 3.58. The number of carbonyl (C=O) groups excluding carboxylic acids is 2. The van der Waals surface area contributed by atoms with Crippen LogP contribution in [0.4, 0.5) is 5.82 Å². The maximum absolute atomic E-state index is 13.4. The zero-order valence-electron chi connectivity index (χ0n) is 20.6. The van der Waals surface area contributed by atoms with Crippen LogP contribution in [-0.4, -0.2) is 39.6 Å². The van der Waals surface area contributed by atoms with Gasteiger partial charge in [0, 0.05) is 24.2 Å². The van der Waals surface area contributed by atoms with Crippen molar-refractivity contribution in [2.45, 2.75) is 75.3 Å². The molecule has 0 radical (unpaired) electrons. The maximum atomic E-state index is 13.4. The molecule has 7 rings (SSSR count). The van der Waals surface area contributed by atoms with Crippen molar-refractivity contribution in [1.29, 1.82) is 0 Å². The number of carbonyl (C=O) groups is 2. The van der Waals surface area contributed by atoms with Crippen LogP contribution in [0.1, 0.15) is 73.6 Å². The van der Waals surface area contributed by atoms with Gasteiger partial charge in [-0.1, -0.05) is 49.3 Å². The average molecular weight is 481 g/mol. The molecule has 2 fully saturated rings. The molecule has 0 bridgehead atoms. The number of anilines is 1. The van der Waals surface area contributed by atoms with Crippen LogP contribution in [0.2, 0.25) is 0 Å². The second-order valence-corrected chi connectivity index (χ2v) is 11.3. The summed E-state index contributed by atoms with van der Waals surface area (Å²) >= 11 is 0. The SMILES string of the molecule is O=C1C(C2CC2)=NC2(CCCCCC2)N1CC=Cc1ccc2c(c1)CC1(C2)C(=O)Nc2ncccc21. The Morgan fingerprint density at radius 2 is 1.83 bits per heavy atom. The molecular weight excluding hydrogens is 448 g/mol. The van der Waals surface area contributed by atoms with Crippen LogP contribution >= 0.6 is 0 Å². The van der Waals surface area contributed by atoms with Gasteiger partial charge in [-0.3, -0.25) is 14.6 Å². The number of pyridine rings is 1. The maximum Gasteiger partial charge on any atom is 0.270 e. The standard InChI is InChI=1S/C30H32N4O2/c35-27-25(21-11-12-21)33-30(13-3-1-2-4-14-30)34(27)16-6-7-20-9-10-22-18-29(19-23(22)17-20)24-8-5-15-31-26(24)32-28(29)36/h5-10,15,17,21H,1-4,11-14,16,18-19H2,(H,31,32,36). The Bertz CT molecular complexity index is 1320. The van der Waals surface area contributed by atoms with Crippen molar-refractivity contribution >= 4 is 29.4 Å². The number of aromatic nitrogens is 1. The molecule has 2 aliphatic heterocycles. The first-order chi connectivity index (χ1) is 17.6. The Kier molecular flexibility index (Phi) is 4.95. The second kappa shape index (κ2) is 8.12. The lowest BCUT2D eigenvalue weighted by Gasteiger charge is -2.35. The molecule has 184 valence electrons. The molecule has 3 heterocycles. The molecule has 2 aromatic rings. The number of hydrogen-bond acceptors (Lipinski definition) is 4. The number of hydrogen-bond donors (Lipinski definition) is 1. The van der Waals surface area contributed by atoms with Gasteiger partial charge in [0.25, 0.3) is 5.91 Å². The van der Waals surface area contributed by atoms with Gasteiger partial charge in [0.05, 0.1) is 5.41 Å². The van der Waals surface area contributed by atoms with Gasteiger partial charge >= 0.3 is 0 Å². The van der Waals surface area contributed by atoms with Crippen LogP contribution in [0, 0.1) is 5.92 Å². The lowest BCUT2D eigenvalue weighted by atomic mass is 9.79. The fourth-order valence-electron chi connectivity index (χ4n) is 6.90. The Labute approximate surface area is 211 Å². The molecule has 2 saturated carbocycles. The Hall–Kier alpha value is -3.28. The van der Waals surface area contributed by atoms with Crippen LogP contribution in [-0.2, 0) is 27.8 Å². The van der Waals surface area contributed by atoms with Gasteiger partial charge in [-0.15, -0.1) is 0 Å². The van der Waals surface area contributed by atoms with Gasteiger partial charge in [0.2, 0.25) is 5.91 Å². The summed E-state index contributed by atoms with van der Waals surface area (Å²) in [4.78, 5) is 37.9. The van der Waals surface area contributed by atoms with Crippen molar-refractivity contribution in [2.24, 2.45) is 10.9 Å². The molecule has 5 aliphatic rings. The minimum absolute atomic E-state index is 0.0530. The normalized spacial score (nSPS) is 26.4. The fraction of sp³-hybridized carbons (Fsp3) is 0.467. The van der Waals surface area contributed by atoms with Crippen LogP contribution in [0.3, 0.4) is 0 Å². The van der Waals surface area contributed by atoms with Crippen molar-refractivity contribution in [3.05, 3.63) is 64.9 Å². The molecule has 1 atom stereocenters. The topological polar surface area (TPSA) is 74.7 Å². The van der Waals surface area contributed by atoms with E-state index in [-0.39, 0.29) is 17.5 Å². The molecule has 2 spiro atoms. The predicted octanol–water partition coefficient (Wildman–Crippen LogP) is 4.83. The van der Waals surface area contributed by atoms with Gasteiger partial charge in [-0.05, 0) is 74.1 Å². The molecular formula is C30H32N4O2. The van der Waals surface area contributed by atoms with Gasteiger partial charge in [0.15, 0.2) is 0 Å². The van der Waals surface area contributed by atoms with E-state index in [2.05, 4.69) is 45.6 Å². The van der Waals surface area contributed by atoms with Crippen molar-refractivity contribution < 1.29 is 9.59 Å². The number of nitrogens with one attached hydrogen (secondary N) is 1. The molecule has 3 aliphatic carbocycles. The number of amides is 2. The minimum atomic E-state index is -0.543. The van der Waals surface area contributed by atoms with E-state index in [0.29, 0.717) is 31.1 Å². The Morgan fingerprint density at radius 3 is 2.64 bits per heavy atom. The van der Waals surface area contributed by atoms with Crippen LogP contribution in [0.25, 0.3) is 6.08 Å². The molecule has 6 heteroatoms. The molecule has 1 aromatic carbocycles. The monoisotopic (exact) mass is 480 g/mol. The molecule has 36 heavy (non-hydrogen) atoms. The first-order valence-corrected chi connectivity index (χ1v) is 13.6. The third kappa shape index (κ3) is 3.37. The largest absolute Gasteiger partial charge is 0.310 e. The van der Waals surface area contributed by atoms with Gasteiger partial charge < -0.3 is 10.2 Å². The molecule has 2 amide bonds. The highest BCUT2D eigenvalue weighted by Crippen LogP contribution is 2.47.